The standard InChI is InChI=1S/C18H24FNO2/c1-13-16-6-5-15(19)11-14(16)7-10-20(13)17(21)12-18(22)8-3-2-4-9-18/h5-6,11,13,22H,2-4,7-10,12H2,1H3. The second-order valence-corrected chi connectivity index (χ2v) is 6.82. The van der Waals surface area contributed by atoms with Gasteiger partial charge >= 0.3 is 0 Å². The van der Waals surface area contributed by atoms with E-state index < -0.39 is 5.60 Å². The first-order chi connectivity index (χ1) is 10.5. The molecule has 1 atom stereocenters. The zero-order chi connectivity index (χ0) is 15.7. The molecule has 1 aromatic carbocycles. The molecular formula is C18H24FNO2. The van der Waals surface area contributed by atoms with Gasteiger partial charge in [0.15, 0.2) is 0 Å². The zero-order valence-corrected chi connectivity index (χ0v) is 13.1. The van der Waals surface area contributed by atoms with Crippen molar-refractivity contribution in [2.24, 2.45) is 0 Å². The van der Waals surface area contributed by atoms with Crippen LogP contribution in [0.15, 0.2) is 18.2 Å². The van der Waals surface area contributed by atoms with Gasteiger partial charge in [-0.1, -0.05) is 25.3 Å². The number of carbonyl (C=O) groups excluding carboxylic acids is 1. The summed E-state index contributed by atoms with van der Waals surface area (Å²) in [5, 5.41) is 10.6. The van der Waals surface area contributed by atoms with Gasteiger partial charge in [0.05, 0.1) is 18.1 Å². The van der Waals surface area contributed by atoms with E-state index >= 15 is 0 Å². The maximum absolute atomic E-state index is 13.3. The lowest BCUT2D eigenvalue weighted by atomic mass is 9.82. The lowest BCUT2D eigenvalue weighted by Crippen LogP contribution is -2.44. The minimum absolute atomic E-state index is 0.0203. The molecule has 0 spiro atoms. The topological polar surface area (TPSA) is 40.5 Å². The third-order valence-corrected chi connectivity index (χ3v) is 5.23. The molecule has 1 saturated carbocycles. The quantitative estimate of drug-likeness (QED) is 0.910. The van der Waals surface area contributed by atoms with Gasteiger partial charge in [0.1, 0.15) is 5.82 Å². The molecule has 1 heterocycles. The molecule has 22 heavy (non-hydrogen) atoms. The fraction of sp³-hybridized carbons (Fsp3) is 0.611. The maximum atomic E-state index is 13.3. The van der Waals surface area contributed by atoms with Gasteiger partial charge in [0.25, 0.3) is 0 Å². The number of hydrogen-bond donors (Lipinski definition) is 1. The van der Waals surface area contributed by atoms with E-state index in [1.807, 2.05) is 11.8 Å². The SMILES string of the molecule is CC1c2ccc(F)cc2CCN1C(=O)CC1(O)CCCCC1. The molecule has 1 amide bonds. The van der Waals surface area contributed by atoms with Crippen LogP contribution in [-0.2, 0) is 11.2 Å². The molecule has 1 aromatic rings. The summed E-state index contributed by atoms with van der Waals surface area (Å²) in [5.74, 6) is -0.200. The highest BCUT2D eigenvalue weighted by Crippen LogP contribution is 2.34. The van der Waals surface area contributed by atoms with Crippen molar-refractivity contribution < 1.29 is 14.3 Å². The van der Waals surface area contributed by atoms with Gasteiger partial charge in [-0.15, -0.1) is 0 Å². The van der Waals surface area contributed by atoms with Crippen molar-refractivity contribution >= 4 is 5.91 Å². The Bertz CT molecular complexity index is 566. The molecule has 0 bridgehead atoms. The molecule has 0 aromatic heterocycles. The first kappa shape index (κ1) is 15.5. The average Bonchev–Trinajstić information content (AvgIpc) is 2.47. The van der Waals surface area contributed by atoms with Crippen LogP contribution in [0.2, 0.25) is 0 Å². The Labute approximate surface area is 131 Å². The summed E-state index contributed by atoms with van der Waals surface area (Å²) >= 11 is 0. The lowest BCUT2D eigenvalue weighted by Gasteiger charge is -2.38. The van der Waals surface area contributed by atoms with Crippen molar-refractivity contribution in [1.29, 1.82) is 0 Å². The second kappa shape index (κ2) is 5.99. The van der Waals surface area contributed by atoms with E-state index in [1.54, 1.807) is 12.1 Å². The average molecular weight is 305 g/mol. The molecule has 120 valence electrons. The van der Waals surface area contributed by atoms with E-state index in [4.69, 9.17) is 0 Å². The van der Waals surface area contributed by atoms with E-state index in [1.165, 1.54) is 6.07 Å². The Morgan fingerprint density at radius 3 is 2.82 bits per heavy atom. The minimum Gasteiger partial charge on any atom is -0.389 e. The fourth-order valence-corrected chi connectivity index (χ4v) is 3.91. The number of aliphatic hydroxyl groups is 1. The van der Waals surface area contributed by atoms with E-state index in [0.717, 1.165) is 43.2 Å². The molecule has 1 unspecified atom stereocenters. The summed E-state index contributed by atoms with van der Waals surface area (Å²) in [5.41, 5.74) is 1.20. The van der Waals surface area contributed by atoms with Crippen LogP contribution in [-0.4, -0.2) is 28.1 Å². The Balaban J connectivity index is 1.72. The predicted molar refractivity (Wildman–Crippen MR) is 82.9 cm³/mol. The highest BCUT2D eigenvalue weighted by atomic mass is 19.1. The number of rotatable bonds is 2. The monoisotopic (exact) mass is 305 g/mol. The lowest BCUT2D eigenvalue weighted by molar-refractivity contribution is -0.140. The third-order valence-electron chi connectivity index (χ3n) is 5.23. The van der Waals surface area contributed by atoms with Gasteiger partial charge in [-0.05, 0) is 49.4 Å². The minimum atomic E-state index is -0.821. The first-order valence-electron chi connectivity index (χ1n) is 8.29. The van der Waals surface area contributed by atoms with Crippen LogP contribution in [0.4, 0.5) is 4.39 Å². The van der Waals surface area contributed by atoms with Crippen molar-refractivity contribution in [3.63, 3.8) is 0 Å². The molecule has 0 radical (unpaired) electrons. The number of nitrogens with zero attached hydrogens (tertiary/aromatic N) is 1. The number of amides is 1. The zero-order valence-electron chi connectivity index (χ0n) is 13.1. The number of halogens is 1. The van der Waals surface area contributed by atoms with Gasteiger partial charge < -0.3 is 10.0 Å². The van der Waals surface area contributed by atoms with Crippen LogP contribution in [0, 0.1) is 5.82 Å². The number of hydrogen-bond acceptors (Lipinski definition) is 2. The Kier molecular flexibility index (Phi) is 4.22. The summed E-state index contributed by atoms with van der Waals surface area (Å²) in [6, 6.07) is 4.76. The first-order valence-corrected chi connectivity index (χ1v) is 8.29. The van der Waals surface area contributed by atoms with Gasteiger partial charge in [-0.25, -0.2) is 4.39 Å². The van der Waals surface area contributed by atoms with Crippen LogP contribution in [0.3, 0.4) is 0 Å². The molecule has 0 saturated heterocycles. The predicted octanol–water partition coefficient (Wildman–Crippen LogP) is 3.36. The molecular weight excluding hydrogens is 281 g/mol. The number of benzene rings is 1. The summed E-state index contributed by atoms with van der Waals surface area (Å²) in [4.78, 5) is 14.5. The summed E-state index contributed by atoms with van der Waals surface area (Å²) < 4.78 is 13.3. The Morgan fingerprint density at radius 1 is 1.36 bits per heavy atom. The van der Waals surface area contributed by atoms with E-state index in [0.29, 0.717) is 13.0 Å². The summed E-state index contributed by atoms with van der Waals surface area (Å²) in [6.07, 6.45) is 5.50. The molecule has 1 aliphatic heterocycles. The van der Waals surface area contributed by atoms with Crippen LogP contribution in [0.25, 0.3) is 0 Å². The van der Waals surface area contributed by atoms with Crippen LogP contribution in [0.1, 0.15) is 62.6 Å². The molecule has 4 heteroatoms. The van der Waals surface area contributed by atoms with Gasteiger partial charge in [-0.2, -0.15) is 0 Å². The van der Waals surface area contributed by atoms with E-state index in [9.17, 15) is 14.3 Å². The van der Waals surface area contributed by atoms with Crippen LogP contribution >= 0.6 is 0 Å². The Hall–Kier alpha value is -1.42. The van der Waals surface area contributed by atoms with Crippen molar-refractivity contribution in [1.82, 2.24) is 4.90 Å². The van der Waals surface area contributed by atoms with Gasteiger partial charge in [0, 0.05) is 6.54 Å². The largest absolute Gasteiger partial charge is 0.389 e. The maximum Gasteiger partial charge on any atom is 0.225 e. The van der Waals surface area contributed by atoms with E-state index in [2.05, 4.69) is 0 Å². The second-order valence-electron chi connectivity index (χ2n) is 6.82. The third kappa shape index (κ3) is 3.02. The van der Waals surface area contributed by atoms with Crippen LogP contribution < -0.4 is 0 Å². The van der Waals surface area contributed by atoms with Gasteiger partial charge in [0.2, 0.25) is 5.91 Å². The normalized spacial score (nSPS) is 24.0. The smallest absolute Gasteiger partial charge is 0.225 e. The summed E-state index contributed by atoms with van der Waals surface area (Å²) in [6.45, 7) is 2.59. The molecule has 1 N–H and O–H groups in total. The number of carbonyl (C=O) groups is 1. The fourth-order valence-electron chi connectivity index (χ4n) is 3.91. The van der Waals surface area contributed by atoms with Crippen molar-refractivity contribution in [3.05, 3.63) is 35.1 Å². The van der Waals surface area contributed by atoms with E-state index in [-0.39, 0.29) is 24.2 Å². The van der Waals surface area contributed by atoms with Crippen molar-refractivity contribution in [3.8, 4) is 0 Å². The molecule has 2 aliphatic rings. The molecule has 3 rings (SSSR count). The summed E-state index contributed by atoms with van der Waals surface area (Å²) in [7, 11) is 0. The molecule has 1 fully saturated rings. The Morgan fingerprint density at radius 2 is 2.09 bits per heavy atom. The number of fused-ring (bicyclic) bond motifs is 1. The van der Waals surface area contributed by atoms with Gasteiger partial charge in [-0.3, -0.25) is 4.79 Å². The highest BCUT2D eigenvalue weighted by Gasteiger charge is 2.36. The van der Waals surface area contributed by atoms with Crippen LogP contribution in [0.5, 0.6) is 0 Å². The molecule has 3 nitrogen and oxygen atoms in total. The van der Waals surface area contributed by atoms with Crippen molar-refractivity contribution in [2.75, 3.05) is 6.54 Å². The van der Waals surface area contributed by atoms with Crippen molar-refractivity contribution in [2.45, 2.75) is 63.5 Å². The highest BCUT2D eigenvalue weighted by molar-refractivity contribution is 5.78. The molecule has 1 aliphatic carbocycles.